The lowest BCUT2D eigenvalue weighted by atomic mass is 9.73. The monoisotopic (exact) mass is 622 g/mol. The minimum atomic E-state index is -1.63. The molecule has 0 radical (unpaired) electrons. The number of hydrogen-bond donors (Lipinski definition) is 0. The van der Waals surface area contributed by atoms with E-state index in [0.29, 0.717) is 33.7 Å². The molecule has 0 saturated carbocycles. The third-order valence-corrected chi connectivity index (χ3v) is 9.64. The van der Waals surface area contributed by atoms with Crippen LogP contribution in [0.3, 0.4) is 0 Å². The van der Waals surface area contributed by atoms with Gasteiger partial charge in [-0.2, -0.15) is 9.47 Å². The molecule has 8 rings (SSSR count). The van der Waals surface area contributed by atoms with E-state index < -0.39 is 16.9 Å². The summed E-state index contributed by atoms with van der Waals surface area (Å²) in [7, 11) is 0. The summed E-state index contributed by atoms with van der Waals surface area (Å²) in [4.78, 5) is 26.9. The molecule has 15 heteroatoms. The molecule has 210 valence electrons. The van der Waals surface area contributed by atoms with E-state index in [2.05, 4.69) is 20.3 Å². The molecule has 8 heterocycles. The topological polar surface area (TPSA) is 142 Å². The van der Waals surface area contributed by atoms with E-state index >= 15 is 0 Å². The van der Waals surface area contributed by atoms with Gasteiger partial charge >= 0.3 is 0 Å². The average molecular weight is 623 g/mol. The second kappa shape index (κ2) is 10.2. The van der Waals surface area contributed by atoms with Gasteiger partial charge in [-0.25, -0.2) is 15.0 Å². The Morgan fingerprint density at radius 1 is 0.744 bits per heavy atom. The molecule has 0 aromatic carbocycles. The van der Waals surface area contributed by atoms with Crippen molar-refractivity contribution < 1.29 is 9.26 Å². The second-order valence-electron chi connectivity index (χ2n) is 9.30. The average Bonchev–Trinajstić information content (AvgIpc) is 3.92. The molecule has 0 spiro atoms. The van der Waals surface area contributed by atoms with Gasteiger partial charge in [0, 0.05) is 54.0 Å². The number of anilines is 1. The smallest absolute Gasteiger partial charge is 0.225 e. The van der Waals surface area contributed by atoms with Gasteiger partial charge in [0.1, 0.15) is 28.4 Å². The van der Waals surface area contributed by atoms with E-state index in [1.165, 1.54) is 40.5 Å². The van der Waals surface area contributed by atoms with E-state index in [9.17, 15) is 0 Å². The van der Waals surface area contributed by atoms with Crippen LogP contribution < -0.4 is 4.90 Å². The molecule has 0 N–H and O–H groups in total. The van der Waals surface area contributed by atoms with Crippen LogP contribution in [0.1, 0.15) is 32.8 Å². The zero-order valence-corrected chi connectivity index (χ0v) is 24.4. The van der Waals surface area contributed by atoms with Gasteiger partial charge in [0.25, 0.3) is 0 Å². The Morgan fingerprint density at radius 3 is 2.37 bits per heavy atom. The van der Waals surface area contributed by atoms with E-state index in [1.807, 2.05) is 51.4 Å². The second-order valence-corrected chi connectivity index (χ2v) is 11.8. The van der Waals surface area contributed by atoms with Crippen molar-refractivity contribution in [2.24, 2.45) is 0 Å². The van der Waals surface area contributed by atoms with Crippen LogP contribution in [-0.2, 0) is 21.6 Å². The fourth-order valence-corrected chi connectivity index (χ4v) is 8.04. The Labute approximate surface area is 255 Å². The summed E-state index contributed by atoms with van der Waals surface area (Å²) in [5.74, 6) is 0.818. The highest BCUT2D eigenvalue weighted by molar-refractivity contribution is 7.10. The molecule has 1 aliphatic heterocycles. The number of aromatic nitrogens is 9. The van der Waals surface area contributed by atoms with Gasteiger partial charge in [-0.15, -0.1) is 27.8 Å². The number of rotatable bonds is 7. The van der Waals surface area contributed by atoms with Gasteiger partial charge < -0.3 is 9.26 Å². The summed E-state index contributed by atoms with van der Waals surface area (Å²) in [6, 6.07) is 13.1. The van der Waals surface area contributed by atoms with E-state index in [1.54, 1.807) is 55.5 Å². The van der Waals surface area contributed by atoms with E-state index in [4.69, 9.17) is 33.6 Å². The number of ether oxygens (including phenoxy) is 1. The number of hydrogen-bond acceptors (Lipinski definition) is 15. The minimum Gasteiger partial charge on any atom is -0.364 e. The predicted molar refractivity (Wildman–Crippen MR) is 157 cm³/mol. The summed E-state index contributed by atoms with van der Waals surface area (Å²) in [6.07, 6.45) is 13.1. The van der Waals surface area contributed by atoms with Gasteiger partial charge in [0.05, 0.1) is 11.1 Å². The number of nitrogens with zero attached hydrogens (tertiary/aromatic N) is 10. The molecule has 1 saturated heterocycles. The number of thiophene rings is 1. The van der Waals surface area contributed by atoms with Gasteiger partial charge in [-0.1, -0.05) is 11.2 Å². The predicted octanol–water partition coefficient (Wildman–Crippen LogP) is 4.64. The molecule has 3 atom stereocenters. The summed E-state index contributed by atoms with van der Waals surface area (Å²) in [5.41, 5.74) is -3.15. The number of thiazole rings is 1. The molecule has 7 aromatic heterocycles. The first-order valence-electron chi connectivity index (χ1n) is 12.9. The zero-order chi connectivity index (χ0) is 28.7. The molecule has 1 aliphatic rings. The molecular weight excluding hydrogens is 605 g/mol. The van der Waals surface area contributed by atoms with Gasteiger partial charge in [0.2, 0.25) is 5.72 Å². The highest BCUT2D eigenvalue weighted by Gasteiger charge is 2.79. The van der Waals surface area contributed by atoms with Crippen molar-refractivity contribution in [3.8, 4) is 0 Å². The fraction of sp³-hybridized carbons (Fsp3) is 0.107. The van der Waals surface area contributed by atoms with Crippen LogP contribution in [0.2, 0.25) is 0 Å². The zero-order valence-electron chi connectivity index (χ0n) is 21.9. The van der Waals surface area contributed by atoms with Crippen LogP contribution in [0.15, 0.2) is 113 Å². The lowest BCUT2D eigenvalue weighted by Crippen LogP contribution is -2.59. The summed E-state index contributed by atoms with van der Waals surface area (Å²) < 4.78 is 18.1. The molecule has 0 aliphatic carbocycles. The van der Waals surface area contributed by atoms with Crippen LogP contribution >= 0.6 is 34.2 Å². The largest absolute Gasteiger partial charge is 0.364 e. The third kappa shape index (κ3) is 3.53. The lowest BCUT2D eigenvalue weighted by Gasteiger charge is -2.45. The molecule has 0 amide bonds. The van der Waals surface area contributed by atoms with Gasteiger partial charge in [0.15, 0.2) is 22.8 Å². The summed E-state index contributed by atoms with van der Waals surface area (Å²) in [5, 5.41) is 19.9. The SMILES string of the molecule is c1cnc(C2(c3nccs3)N(c3cccnn3)C(c3ccsn3)(c3cccs3)OC2(c2cnccn2)c2ccon2)nc1. The highest BCUT2D eigenvalue weighted by atomic mass is 32.1. The van der Waals surface area contributed by atoms with Crippen molar-refractivity contribution in [3.63, 3.8) is 0 Å². The van der Waals surface area contributed by atoms with Crippen molar-refractivity contribution in [1.82, 2.24) is 44.6 Å². The van der Waals surface area contributed by atoms with Crippen molar-refractivity contribution in [2.45, 2.75) is 16.9 Å². The molecule has 7 aromatic rings. The summed E-state index contributed by atoms with van der Waals surface area (Å²) >= 11 is 4.25. The van der Waals surface area contributed by atoms with Crippen LogP contribution in [0, 0.1) is 0 Å². The Balaban J connectivity index is 1.66. The standard InChI is InChI=1S/C28H18N10O2S3/c1-5-23(35-34-10-1)38-26(25-33-13-17-42-25,24-31-8-3-9-32-24)27(19-6-14-39-36-19,21-18-29-11-12-30-21)40-28(38,20-7-16-43-37-20)22-4-2-15-41-22/h1-18H. The molecule has 43 heavy (non-hydrogen) atoms. The molecule has 12 nitrogen and oxygen atoms in total. The molecule has 0 bridgehead atoms. The van der Waals surface area contributed by atoms with E-state index in [-0.39, 0.29) is 0 Å². The highest BCUT2D eigenvalue weighted by Crippen LogP contribution is 2.67. The van der Waals surface area contributed by atoms with Crippen LogP contribution in [0.4, 0.5) is 5.82 Å². The lowest BCUT2D eigenvalue weighted by molar-refractivity contribution is -0.0862. The Hall–Kier alpha value is -4.83. The molecule has 3 unspecified atom stereocenters. The van der Waals surface area contributed by atoms with Gasteiger partial charge in [-0.3, -0.25) is 14.9 Å². The van der Waals surface area contributed by atoms with Crippen molar-refractivity contribution in [2.75, 3.05) is 4.90 Å². The van der Waals surface area contributed by atoms with Crippen molar-refractivity contribution in [1.29, 1.82) is 0 Å². The van der Waals surface area contributed by atoms with Crippen LogP contribution in [-0.4, -0.2) is 44.6 Å². The maximum absolute atomic E-state index is 7.69. The van der Waals surface area contributed by atoms with Crippen LogP contribution in [0.5, 0.6) is 0 Å². The quantitative estimate of drug-likeness (QED) is 0.244. The van der Waals surface area contributed by atoms with Crippen LogP contribution in [0.25, 0.3) is 0 Å². The first-order valence-corrected chi connectivity index (χ1v) is 15.5. The van der Waals surface area contributed by atoms with Gasteiger partial charge in [-0.05, 0) is 47.2 Å². The maximum atomic E-state index is 7.69. The normalized spacial score (nSPS) is 23.5. The fourth-order valence-electron chi connectivity index (χ4n) is 5.76. The van der Waals surface area contributed by atoms with E-state index in [0.717, 1.165) is 4.88 Å². The maximum Gasteiger partial charge on any atom is 0.225 e. The molecule has 1 fully saturated rings. The first-order chi connectivity index (χ1) is 21.3. The third-order valence-electron chi connectivity index (χ3n) is 7.24. The Kier molecular flexibility index (Phi) is 6.11. The van der Waals surface area contributed by atoms with Crippen molar-refractivity contribution in [3.05, 3.63) is 141 Å². The summed E-state index contributed by atoms with van der Waals surface area (Å²) in [6.45, 7) is 0. The Bertz CT molecular complexity index is 1880. The minimum absolute atomic E-state index is 0.359. The van der Waals surface area contributed by atoms with Crippen molar-refractivity contribution >= 4 is 40.0 Å². The first kappa shape index (κ1) is 25.8. The molecular formula is C28H18N10O2S3. The Morgan fingerprint density at radius 2 is 1.70 bits per heavy atom.